The van der Waals surface area contributed by atoms with Crippen LogP contribution in [0.4, 0.5) is 4.79 Å². The molecule has 2 aromatic rings. The van der Waals surface area contributed by atoms with Crippen LogP contribution in [-0.2, 0) is 14.3 Å². The Hall–Kier alpha value is -3.59. The van der Waals surface area contributed by atoms with E-state index in [0.717, 1.165) is 0 Å². The predicted octanol–water partition coefficient (Wildman–Crippen LogP) is 3.52. The van der Waals surface area contributed by atoms with E-state index in [2.05, 4.69) is 15.6 Å². The minimum absolute atomic E-state index is 0.0956. The fourth-order valence-electron chi connectivity index (χ4n) is 3.78. The number of nitrogens with one attached hydrogen (secondary N) is 3. The van der Waals surface area contributed by atoms with Crippen molar-refractivity contribution in [3.05, 3.63) is 68.6 Å². The lowest BCUT2D eigenvalue weighted by Gasteiger charge is -2.29. The van der Waals surface area contributed by atoms with Gasteiger partial charge in [0.2, 0.25) is 0 Å². The lowest BCUT2D eigenvalue weighted by molar-refractivity contribution is -0.139. The van der Waals surface area contributed by atoms with Crippen LogP contribution in [0.5, 0.6) is 0 Å². The number of benzene rings is 1. The third kappa shape index (κ3) is 5.09. The second kappa shape index (κ2) is 9.91. The van der Waals surface area contributed by atoms with Gasteiger partial charge in [-0.15, -0.1) is 0 Å². The van der Waals surface area contributed by atoms with Gasteiger partial charge in [-0.1, -0.05) is 23.7 Å². The quantitative estimate of drug-likeness (QED) is 0.417. The van der Waals surface area contributed by atoms with Gasteiger partial charge >= 0.3 is 18.0 Å². The highest BCUT2D eigenvalue weighted by Crippen LogP contribution is 2.29. The van der Waals surface area contributed by atoms with Gasteiger partial charge < -0.3 is 25.1 Å². The van der Waals surface area contributed by atoms with E-state index in [4.69, 9.17) is 21.1 Å². The van der Waals surface area contributed by atoms with Crippen LogP contribution >= 0.6 is 11.6 Å². The number of aromatic amines is 1. The van der Waals surface area contributed by atoms with Crippen LogP contribution < -0.4 is 10.6 Å². The monoisotopic (exact) mass is 473 g/mol. The first-order chi connectivity index (χ1) is 15.6. The van der Waals surface area contributed by atoms with Crippen LogP contribution in [0.1, 0.15) is 57.6 Å². The van der Waals surface area contributed by atoms with Gasteiger partial charge in [-0.3, -0.25) is 4.79 Å². The molecule has 1 aromatic carbocycles. The van der Waals surface area contributed by atoms with Crippen LogP contribution in [0, 0.1) is 13.8 Å². The highest BCUT2D eigenvalue weighted by Gasteiger charge is 2.34. The third-order valence-corrected chi connectivity index (χ3v) is 5.45. The Morgan fingerprint density at radius 1 is 1.06 bits per heavy atom. The number of ether oxygens (including phenoxy) is 2. The lowest BCUT2D eigenvalue weighted by Crippen LogP contribution is -2.47. The summed E-state index contributed by atoms with van der Waals surface area (Å²) in [5, 5.41) is 5.72. The van der Waals surface area contributed by atoms with Crippen LogP contribution in [0.15, 0.2) is 35.5 Å². The number of aryl methyl sites for hydroxylation is 1. The molecule has 0 aliphatic carbocycles. The number of carbonyl (C=O) groups is 4. The van der Waals surface area contributed by atoms with Gasteiger partial charge in [0.15, 0.2) is 5.78 Å². The van der Waals surface area contributed by atoms with Gasteiger partial charge in [0.1, 0.15) is 12.3 Å². The molecule has 9 nitrogen and oxygen atoms in total. The average molecular weight is 474 g/mol. The smallest absolute Gasteiger partial charge is 0.355 e. The zero-order valence-corrected chi connectivity index (χ0v) is 19.4. The van der Waals surface area contributed by atoms with Gasteiger partial charge in [0, 0.05) is 16.3 Å². The minimum atomic E-state index is -0.831. The Balaban J connectivity index is 1.94. The number of H-pyrrole nitrogens is 1. The Kier molecular flexibility index (Phi) is 7.23. The number of halogens is 1. The minimum Gasteiger partial charge on any atom is -0.463 e. The number of rotatable bonds is 7. The van der Waals surface area contributed by atoms with E-state index in [1.165, 1.54) is 6.92 Å². The highest BCUT2D eigenvalue weighted by molar-refractivity contribution is 6.30. The number of urea groups is 1. The summed E-state index contributed by atoms with van der Waals surface area (Å²) in [4.78, 5) is 52.5. The van der Waals surface area contributed by atoms with Gasteiger partial charge in [0.05, 0.1) is 23.9 Å². The summed E-state index contributed by atoms with van der Waals surface area (Å²) in [6.45, 7) is 6.13. The molecule has 33 heavy (non-hydrogen) atoms. The molecule has 174 valence electrons. The Bertz CT molecular complexity index is 1150. The van der Waals surface area contributed by atoms with Crippen molar-refractivity contribution in [3.8, 4) is 0 Å². The Morgan fingerprint density at radius 2 is 1.73 bits per heavy atom. The Labute approximate surface area is 195 Å². The molecule has 3 N–H and O–H groups in total. The number of aromatic nitrogens is 1. The standard InChI is InChI=1S/C23H24ClN3O6/c1-5-32-21(29)18-16(26-23(31)27-20(18)14-6-8-15(24)9-7-14)10-33-22(30)19-11(2)17(13(4)28)12(3)25-19/h6-9,20,25H,5,10H2,1-4H3,(H2,26,27,31). The second-order valence-electron chi connectivity index (χ2n) is 7.45. The third-order valence-electron chi connectivity index (χ3n) is 5.19. The average Bonchev–Trinajstić information content (AvgIpc) is 3.06. The zero-order chi connectivity index (χ0) is 24.3. The number of carbonyl (C=O) groups excluding carboxylic acids is 4. The Morgan fingerprint density at radius 3 is 2.30 bits per heavy atom. The number of ketones is 1. The predicted molar refractivity (Wildman–Crippen MR) is 120 cm³/mol. The summed E-state index contributed by atoms with van der Waals surface area (Å²) in [6.07, 6.45) is 0. The van der Waals surface area contributed by atoms with E-state index in [-0.39, 0.29) is 29.4 Å². The van der Waals surface area contributed by atoms with Crippen LogP contribution in [0.3, 0.4) is 0 Å². The summed E-state index contributed by atoms with van der Waals surface area (Å²) in [5.41, 5.74) is 2.38. The first-order valence-corrected chi connectivity index (χ1v) is 10.6. The molecule has 0 bridgehead atoms. The number of hydrogen-bond acceptors (Lipinski definition) is 6. The van der Waals surface area contributed by atoms with Crippen molar-refractivity contribution in [3.63, 3.8) is 0 Å². The molecule has 10 heteroatoms. The number of hydrogen-bond donors (Lipinski definition) is 3. The second-order valence-corrected chi connectivity index (χ2v) is 7.89. The van der Waals surface area contributed by atoms with E-state index in [1.54, 1.807) is 45.0 Å². The van der Waals surface area contributed by atoms with E-state index in [1.807, 2.05) is 0 Å². The summed E-state index contributed by atoms with van der Waals surface area (Å²) in [6, 6.07) is 5.22. The van der Waals surface area contributed by atoms with Gasteiger partial charge in [0.25, 0.3) is 0 Å². The summed E-state index contributed by atoms with van der Waals surface area (Å²) >= 11 is 5.96. The highest BCUT2D eigenvalue weighted by atomic mass is 35.5. The van der Waals surface area contributed by atoms with Crippen molar-refractivity contribution in [2.24, 2.45) is 0 Å². The van der Waals surface area contributed by atoms with E-state index in [0.29, 0.717) is 27.4 Å². The topological polar surface area (TPSA) is 127 Å². The molecule has 0 fully saturated rings. The van der Waals surface area contributed by atoms with E-state index < -0.39 is 30.6 Å². The maximum Gasteiger partial charge on any atom is 0.355 e. The lowest BCUT2D eigenvalue weighted by atomic mass is 9.95. The maximum atomic E-state index is 12.8. The molecule has 1 unspecified atom stereocenters. The van der Waals surface area contributed by atoms with E-state index in [9.17, 15) is 19.2 Å². The van der Waals surface area contributed by atoms with Crippen molar-refractivity contribution in [2.75, 3.05) is 13.2 Å². The summed E-state index contributed by atoms with van der Waals surface area (Å²) < 4.78 is 10.6. The first-order valence-electron chi connectivity index (χ1n) is 10.2. The van der Waals surface area contributed by atoms with E-state index >= 15 is 0 Å². The number of amides is 2. The summed E-state index contributed by atoms with van der Waals surface area (Å²) in [7, 11) is 0. The molecule has 0 saturated heterocycles. The molecular weight excluding hydrogens is 450 g/mol. The van der Waals surface area contributed by atoms with Crippen molar-refractivity contribution < 1.29 is 28.7 Å². The van der Waals surface area contributed by atoms with Crippen LogP contribution in [0.25, 0.3) is 0 Å². The molecule has 0 saturated carbocycles. The van der Waals surface area contributed by atoms with Crippen molar-refractivity contribution in [1.29, 1.82) is 0 Å². The largest absolute Gasteiger partial charge is 0.463 e. The van der Waals surface area contributed by atoms with Gasteiger partial charge in [-0.2, -0.15) is 0 Å². The molecule has 1 aliphatic rings. The fourth-order valence-corrected chi connectivity index (χ4v) is 3.91. The van der Waals surface area contributed by atoms with Crippen molar-refractivity contribution in [1.82, 2.24) is 15.6 Å². The molecule has 0 spiro atoms. The fraction of sp³-hybridized carbons (Fsp3) is 0.304. The molecule has 2 heterocycles. The van der Waals surface area contributed by atoms with Gasteiger partial charge in [-0.25, -0.2) is 14.4 Å². The molecule has 1 atom stereocenters. The zero-order valence-electron chi connectivity index (χ0n) is 18.6. The van der Waals surface area contributed by atoms with Crippen LogP contribution in [-0.4, -0.2) is 42.0 Å². The van der Waals surface area contributed by atoms with Crippen LogP contribution in [0.2, 0.25) is 5.02 Å². The molecule has 3 rings (SSSR count). The number of Topliss-reactive ketones (excluding diaryl/α,β-unsaturated/α-hetero) is 1. The SMILES string of the molecule is CCOC(=O)C1=C(COC(=O)c2[nH]c(C)c(C(C)=O)c2C)NC(=O)NC1c1ccc(Cl)cc1. The maximum absolute atomic E-state index is 12.8. The van der Waals surface area contributed by atoms with Crippen molar-refractivity contribution >= 4 is 35.4 Å². The summed E-state index contributed by atoms with van der Waals surface area (Å²) in [5.74, 6) is -1.57. The normalized spacial score (nSPS) is 15.5. The first kappa shape index (κ1) is 24.1. The molecule has 1 aliphatic heterocycles. The molecular formula is C23H24ClN3O6. The molecule has 2 amide bonds. The van der Waals surface area contributed by atoms with Gasteiger partial charge in [-0.05, 0) is 51.0 Å². The molecule has 0 radical (unpaired) electrons. The van der Waals surface area contributed by atoms with Crippen molar-refractivity contribution in [2.45, 2.75) is 33.7 Å². The number of esters is 2. The molecule has 1 aromatic heterocycles.